The van der Waals surface area contributed by atoms with E-state index in [1.165, 1.54) is 7.11 Å². The van der Waals surface area contributed by atoms with Crippen molar-refractivity contribution >= 4 is 23.2 Å². The van der Waals surface area contributed by atoms with E-state index in [-0.39, 0.29) is 12.5 Å². The number of benzene rings is 1. The molecule has 126 valence electrons. The van der Waals surface area contributed by atoms with Crippen LogP contribution in [-0.2, 0) is 9.53 Å². The Morgan fingerprint density at radius 3 is 3.08 bits per heavy atom. The molecule has 6 heteroatoms. The molecule has 24 heavy (non-hydrogen) atoms. The third-order valence-corrected chi connectivity index (χ3v) is 4.39. The van der Waals surface area contributed by atoms with E-state index < -0.39 is 0 Å². The van der Waals surface area contributed by atoms with Crippen LogP contribution in [0.3, 0.4) is 0 Å². The predicted octanol–water partition coefficient (Wildman–Crippen LogP) is 3.93. The van der Waals surface area contributed by atoms with Gasteiger partial charge in [-0.1, -0.05) is 23.8 Å². The van der Waals surface area contributed by atoms with E-state index in [0.717, 1.165) is 30.8 Å². The Bertz CT molecular complexity index is 754. The number of imidazole rings is 1. The van der Waals surface area contributed by atoms with Crippen LogP contribution in [-0.4, -0.2) is 29.2 Å². The Morgan fingerprint density at radius 2 is 2.33 bits per heavy atom. The largest absolute Gasteiger partial charge is 0.375 e. The lowest BCUT2D eigenvalue weighted by Crippen LogP contribution is -2.17. The quantitative estimate of drug-likeness (QED) is 0.835. The topological polar surface area (TPSA) is 56.1 Å². The number of nitrogens with zero attached hydrogens (tertiary/aromatic N) is 2. The standard InChI is InChI=1S/C18H20ClN3O2/c1-24-12-17(23)21-14-7-8-15(19)16(11-14)22-10-9-20-18(22)13-5-3-2-4-6-13/h2-3,7-11,13H,4-6,12H2,1H3,(H,21,23)/t13-/m1/s1. The minimum atomic E-state index is -0.200. The van der Waals surface area contributed by atoms with E-state index >= 15 is 0 Å². The SMILES string of the molecule is COCC(=O)Nc1ccc(Cl)c(-n2ccnc2[C@@H]2CC=CCC2)c1. The molecule has 1 aromatic heterocycles. The Balaban J connectivity index is 1.90. The number of carbonyl (C=O) groups excluding carboxylic acids is 1. The minimum absolute atomic E-state index is 0.0166. The summed E-state index contributed by atoms with van der Waals surface area (Å²) < 4.78 is 6.85. The first kappa shape index (κ1) is 16.7. The molecule has 1 amide bonds. The fourth-order valence-corrected chi connectivity index (χ4v) is 3.16. The second kappa shape index (κ2) is 7.64. The molecule has 1 atom stereocenters. The van der Waals surface area contributed by atoms with E-state index in [0.29, 0.717) is 16.6 Å². The van der Waals surface area contributed by atoms with Gasteiger partial charge >= 0.3 is 0 Å². The Hall–Kier alpha value is -2.11. The van der Waals surface area contributed by atoms with E-state index in [1.807, 2.05) is 16.8 Å². The van der Waals surface area contributed by atoms with E-state index in [4.69, 9.17) is 16.3 Å². The van der Waals surface area contributed by atoms with Gasteiger partial charge in [-0.15, -0.1) is 0 Å². The Morgan fingerprint density at radius 1 is 1.46 bits per heavy atom. The van der Waals surface area contributed by atoms with Gasteiger partial charge in [0, 0.05) is 31.1 Å². The normalized spacial score (nSPS) is 17.0. The molecule has 3 rings (SSSR count). The van der Waals surface area contributed by atoms with Gasteiger partial charge in [0.1, 0.15) is 12.4 Å². The van der Waals surface area contributed by atoms with Gasteiger partial charge in [-0.2, -0.15) is 0 Å². The van der Waals surface area contributed by atoms with Crippen molar-refractivity contribution in [1.29, 1.82) is 0 Å². The van der Waals surface area contributed by atoms with Crippen LogP contribution < -0.4 is 5.32 Å². The highest BCUT2D eigenvalue weighted by Gasteiger charge is 2.19. The fourth-order valence-electron chi connectivity index (χ4n) is 2.95. The van der Waals surface area contributed by atoms with Gasteiger partial charge in [-0.3, -0.25) is 4.79 Å². The van der Waals surface area contributed by atoms with Crippen molar-refractivity contribution in [1.82, 2.24) is 9.55 Å². The second-order valence-corrected chi connectivity index (χ2v) is 6.19. The smallest absolute Gasteiger partial charge is 0.250 e. The lowest BCUT2D eigenvalue weighted by atomic mass is 9.93. The number of amides is 1. The number of hydrogen-bond donors (Lipinski definition) is 1. The molecule has 0 spiro atoms. The zero-order chi connectivity index (χ0) is 16.9. The van der Waals surface area contributed by atoms with Gasteiger partial charge in [0.15, 0.2) is 0 Å². The van der Waals surface area contributed by atoms with Gasteiger partial charge < -0.3 is 14.6 Å². The maximum Gasteiger partial charge on any atom is 0.250 e. The number of nitrogens with one attached hydrogen (secondary N) is 1. The molecule has 0 saturated carbocycles. The fraction of sp³-hybridized carbons (Fsp3) is 0.333. The van der Waals surface area contributed by atoms with Crippen molar-refractivity contribution in [3.05, 3.63) is 53.6 Å². The van der Waals surface area contributed by atoms with Crippen molar-refractivity contribution in [3.8, 4) is 5.69 Å². The maximum absolute atomic E-state index is 11.7. The zero-order valence-electron chi connectivity index (χ0n) is 13.5. The van der Waals surface area contributed by atoms with Crippen molar-refractivity contribution in [3.63, 3.8) is 0 Å². The lowest BCUT2D eigenvalue weighted by Gasteiger charge is -2.20. The number of methoxy groups -OCH3 is 1. The van der Waals surface area contributed by atoms with Gasteiger partial charge in [-0.05, 0) is 37.5 Å². The first-order valence-corrected chi connectivity index (χ1v) is 8.34. The predicted molar refractivity (Wildman–Crippen MR) is 94.8 cm³/mol. The van der Waals surface area contributed by atoms with Crippen LogP contribution in [0.1, 0.15) is 31.0 Å². The summed E-state index contributed by atoms with van der Waals surface area (Å²) in [5.74, 6) is 1.18. The molecule has 0 bridgehead atoms. The summed E-state index contributed by atoms with van der Waals surface area (Å²) in [6, 6.07) is 5.42. The summed E-state index contributed by atoms with van der Waals surface area (Å²) in [5, 5.41) is 3.42. The molecule has 0 fully saturated rings. The number of aromatic nitrogens is 2. The van der Waals surface area contributed by atoms with Crippen molar-refractivity contribution < 1.29 is 9.53 Å². The molecule has 0 unspecified atom stereocenters. The van der Waals surface area contributed by atoms with E-state index in [9.17, 15) is 4.79 Å². The Kier molecular flexibility index (Phi) is 5.33. The van der Waals surface area contributed by atoms with Gasteiger partial charge in [0.05, 0.1) is 10.7 Å². The van der Waals surface area contributed by atoms with E-state index in [2.05, 4.69) is 22.5 Å². The first-order chi connectivity index (χ1) is 11.7. The number of anilines is 1. The molecule has 1 aliphatic carbocycles. The first-order valence-electron chi connectivity index (χ1n) is 7.96. The zero-order valence-corrected chi connectivity index (χ0v) is 14.3. The summed E-state index contributed by atoms with van der Waals surface area (Å²) in [5.41, 5.74) is 1.49. The number of halogens is 1. The van der Waals surface area contributed by atoms with Crippen molar-refractivity contribution in [2.75, 3.05) is 19.0 Å². The molecular weight excluding hydrogens is 326 g/mol. The summed E-state index contributed by atoms with van der Waals surface area (Å²) in [7, 11) is 1.49. The van der Waals surface area contributed by atoms with Crippen LogP contribution in [0.2, 0.25) is 5.02 Å². The highest BCUT2D eigenvalue weighted by atomic mass is 35.5. The molecule has 1 aromatic carbocycles. The van der Waals surface area contributed by atoms with Crippen molar-refractivity contribution in [2.24, 2.45) is 0 Å². The van der Waals surface area contributed by atoms with Gasteiger partial charge in [0.2, 0.25) is 5.91 Å². The minimum Gasteiger partial charge on any atom is -0.375 e. The molecule has 2 aromatic rings. The van der Waals surface area contributed by atoms with E-state index in [1.54, 1.807) is 18.3 Å². The second-order valence-electron chi connectivity index (χ2n) is 5.78. The molecule has 0 radical (unpaired) electrons. The van der Waals surface area contributed by atoms with Crippen LogP contribution in [0.4, 0.5) is 5.69 Å². The Labute approximate surface area is 146 Å². The van der Waals surface area contributed by atoms with Crippen LogP contribution in [0.5, 0.6) is 0 Å². The van der Waals surface area contributed by atoms with Crippen molar-refractivity contribution in [2.45, 2.75) is 25.2 Å². The summed E-state index contributed by atoms with van der Waals surface area (Å²) in [6.07, 6.45) is 11.3. The molecule has 0 saturated heterocycles. The molecule has 0 aliphatic heterocycles. The molecule has 5 nitrogen and oxygen atoms in total. The third-order valence-electron chi connectivity index (χ3n) is 4.07. The third kappa shape index (κ3) is 3.68. The van der Waals surface area contributed by atoms with Gasteiger partial charge in [-0.25, -0.2) is 4.98 Å². The van der Waals surface area contributed by atoms with Crippen LogP contribution in [0.25, 0.3) is 5.69 Å². The van der Waals surface area contributed by atoms with Crippen LogP contribution >= 0.6 is 11.6 Å². The monoisotopic (exact) mass is 345 g/mol. The maximum atomic E-state index is 11.7. The molecule has 1 aliphatic rings. The summed E-state index contributed by atoms with van der Waals surface area (Å²) in [4.78, 5) is 16.3. The molecule has 1 N–H and O–H groups in total. The number of allylic oxidation sites excluding steroid dienone is 2. The highest BCUT2D eigenvalue weighted by molar-refractivity contribution is 6.32. The van der Waals surface area contributed by atoms with Gasteiger partial charge in [0.25, 0.3) is 0 Å². The number of carbonyl (C=O) groups is 1. The van der Waals surface area contributed by atoms with Crippen LogP contribution in [0, 0.1) is 0 Å². The summed E-state index contributed by atoms with van der Waals surface area (Å²) >= 11 is 6.40. The lowest BCUT2D eigenvalue weighted by molar-refractivity contribution is -0.119. The van der Waals surface area contributed by atoms with Crippen LogP contribution in [0.15, 0.2) is 42.7 Å². The average Bonchev–Trinajstić information content (AvgIpc) is 3.07. The average molecular weight is 346 g/mol. The number of hydrogen-bond acceptors (Lipinski definition) is 3. The highest BCUT2D eigenvalue weighted by Crippen LogP contribution is 2.32. The number of ether oxygens (including phenoxy) is 1. The molecule has 1 heterocycles. The molecular formula is C18H20ClN3O2. The number of rotatable bonds is 5. The summed E-state index contributed by atoms with van der Waals surface area (Å²) in [6.45, 7) is 0.0166.